The van der Waals surface area contributed by atoms with Crippen LogP contribution >= 0.6 is 12.6 Å². The summed E-state index contributed by atoms with van der Waals surface area (Å²) in [6, 6.07) is -2.00. The molecule has 0 bridgehead atoms. The largest absolute Gasteiger partial charge is 0.480 e. The second-order valence-corrected chi connectivity index (χ2v) is 5.39. The van der Waals surface area contributed by atoms with Crippen molar-refractivity contribution in [2.24, 2.45) is 5.73 Å². The molecule has 0 aliphatic rings. The van der Waals surface area contributed by atoms with Crippen molar-refractivity contribution in [3.8, 4) is 0 Å². The number of amides is 3. The number of thiol groups is 1. The fourth-order valence-corrected chi connectivity index (χ4v) is 1.94. The molecule has 11 nitrogen and oxygen atoms in total. The lowest BCUT2D eigenvalue weighted by Crippen LogP contribution is -2.49. The van der Waals surface area contributed by atoms with Crippen molar-refractivity contribution in [2.45, 2.75) is 18.5 Å². The van der Waals surface area contributed by atoms with E-state index in [1.54, 1.807) is 0 Å². The normalized spacial score (nSPS) is 12.7. The van der Waals surface area contributed by atoms with Crippen LogP contribution in [0.25, 0.3) is 0 Å². The molecule has 1 rings (SSSR count). The Kier molecular flexibility index (Phi) is 8.43. The average molecular weight is 372 g/mol. The Morgan fingerprint density at radius 3 is 2.48 bits per heavy atom. The molecule has 3 amide bonds. The number of nitrogens with one attached hydrogen (secondary N) is 4. The van der Waals surface area contributed by atoms with E-state index in [9.17, 15) is 19.2 Å². The average Bonchev–Trinajstić information content (AvgIpc) is 3.08. The minimum atomic E-state index is -1.23. The number of hydrogen-bond donors (Lipinski definition) is 7. The van der Waals surface area contributed by atoms with E-state index in [2.05, 4.69) is 38.5 Å². The number of carbonyl (C=O) groups is 4. The topological polar surface area (TPSA) is 179 Å². The molecule has 25 heavy (non-hydrogen) atoms. The Balaban J connectivity index is 2.26. The zero-order valence-corrected chi connectivity index (χ0v) is 14.1. The molecule has 0 aromatic carbocycles. The number of aliphatic carboxylic acids is 1. The first-order chi connectivity index (χ1) is 11.8. The van der Waals surface area contributed by atoms with Crippen molar-refractivity contribution >= 4 is 36.3 Å². The first-order valence-corrected chi connectivity index (χ1v) is 7.87. The Morgan fingerprint density at radius 2 is 1.92 bits per heavy atom. The number of hydrogen-bond acceptors (Lipinski definition) is 7. The predicted molar refractivity (Wildman–Crippen MR) is 89.7 cm³/mol. The van der Waals surface area contributed by atoms with Gasteiger partial charge in [0.1, 0.15) is 6.04 Å². The minimum absolute atomic E-state index is 0.0840. The van der Waals surface area contributed by atoms with Crippen molar-refractivity contribution in [3.05, 3.63) is 18.2 Å². The van der Waals surface area contributed by atoms with E-state index in [1.165, 1.54) is 12.5 Å². The van der Waals surface area contributed by atoms with Gasteiger partial charge in [0.15, 0.2) is 0 Å². The summed E-state index contributed by atoms with van der Waals surface area (Å²) in [5.41, 5.74) is 6.38. The maximum atomic E-state index is 11.8. The second kappa shape index (κ2) is 10.3. The first-order valence-electron chi connectivity index (χ1n) is 7.23. The second-order valence-electron chi connectivity index (χ2n) is 5.02. The number of rotatable bonds is 10. The summed E-state index contributed by atoms with van der Waals surface area (Å²) in [5, 5.41) is 15.5. The lowest BCUT2D eigenvalue weighted by atomic mass is 10.1. The van der Waals surface area contributed by atoms with Gasteiger partial charge in [-0.05, 0) is 0 Å². The number of aromatic amines is 1. The lowest BCUT2D eigenvalue weighted by molar-refractivity contribution is -0.141. The van der Waals surface area contributed by atoms with E-state index in [0.29, 0.717) is 5.69 Å². The highest BCUT2D eigenvalue weighted by Crippen LogP contribution is 1.96. The van der Waals surface area contributed by atoms with Gasteiger partial charge in [-0.15, -0.1) is 0 Å². The Labute approximate surface area is 148 Å². The smallest absolute Gasteiger partial charge is 0.327 e. The third kappa shape index (κ3) is 7.67. The van der Waals surface area contributed by atoms with Crippen LogP contribution in [-0.2, 0) is 25.6 Å². The van der Waals surface area contributed by atoms with Crippen LogP contribution in [0.5, 0.6) is 0 Å². The molecule has 2 unspecified atom stereocenters. The SMILES string of the molecule is NC(Cc1cnc[nH]1)C(=O)NCC(=O)NCC(=O)NC(CS)C(=O)O. The molecule has 7 N–H and O–H groups in total. The van der Waals surface area contributed by atoms with E-state index in [1.807, 2.05) is 0 Å². The molecular formula is C13H20N6O5S. The quantitative estimate of drug-likeness (QED) is 0.214. The summed E-state index contributed by atoms with van der Waals surface area (Å²) in [6.07, 6.45) is 3.23. The standard InChI is InChI=1S/C13H20N6O5S/c14-8(1-7-2-15-6-18-7)12(22)17-3-10(20)16-4-11(21)19-9(5-25)13(23)24/h2,6,8-9,25H,1,3-5,14H2,(H,15,18)(H,16,20)(H,17,22)(H,19,21)(H,23,24). The monoisotopic (exact) mass is 372 g/mol. The van der Waals surface area contributed by atoms with Crippen molar-refractivity contribution in [3.63, 3.8) is 0 Å². The molecule has 1 aromatic heterocycles. The third-order valence-electron chi connectivity index (χ3n) is 3.02. The van der Waals surface area contributed by atoms with Gasteiger partial charge in [0.2, 0.25) is 17.7 Å². The van der Waals surface area contributed by atoms with Crippen LogP contribution < -0.4 is 21.7 Å². The number of nitrogens with zero attached hydrogens (tertiary/aromatic N) is 1. The molecule has 0 radical (unpaired) electrons. The van der Waals surface area contributed by atoms with Crippen molar-refractivity contribution in [1.29, 1.82) is 0 Å². The Morgan fingerprint density at radius 1 is 1.24 bits per heavy atom. The summed E-state index contributed by atoms with van der Waals surface area (Å²) in [6.45, 7) is -0.788. The van der Waals surface area contributed by atoms with Gasteiger partial charge < -0.3 is 31.8 Å². The molecule has 0 saturated carbocycles. The minimum Gasteiger partial charge on any atom is -0.480 e. The number of carboxylic acids is 1. The van der Waals surface area contributed by atoms with Gasteiger partial charge in [0.05, 0.1) is 25.5 Å². The molecule has 0 spiro atoms. The van der Waals surface area contributed by atoms with Gasteiger partial charge in [-0.3, -0.25) is 14.4 Å². The van der Waals surface area contributed by atoms with Crippen molar-refractivity contribution in [1.82, 2.24) is 25.9 Å². The van der Waals surface area contributed by atoms with Crippen LogP contribution in [0.4, 0.5) is 0 Å². The van der Waals surface area contributed by atoms with E-state index >= 15 is 0 Å². The molecule has 0 fully saturated rings. The summed E-state index contributed by atoms with van der Waals surface area (Å²) in [5.74, 6) is -3.14. The molecule has 2 atom stereocenters. The molecule has 0 saturated heterocycles. The molecular weight excluding hydrogens is 352 g/mol. The summed E-state index contributed by atoms with van der Waals surface area (Å²) < 4.78 is 0. The molecule has 1 aromatic rings. The predicted octanol–water partition coefficient (Wildman–Crippen LogP) is -2.99. The number of imidazole rings is 1. The van der Waals surface area contributed by atoms with Gasteiger partial charge >= 0.3 is 5.97 Å². The van der Waals surface area contributed by atoms with Gasteiger partial charge in [0.25, 0.3) is 0 Å². The van der Waals surface area contributed by atoms with E-state index in [4.69, 9.17) is 10.8 Å². The number of carboxylic acid groups (broad SMARTS) is 1. The Hall–Kier alpha value is -2.60. The first kappa shape index (κ1) is 20.4. The van der Waals surface area contributed by atoms with E-state index in [0.717, 1.165) is 0 Å². The molecule has 12 heteroatoms. The number of nitrogens with two attached hydrogens (primary N) is 1. The van der Waals surface area contributed by atoms with Crippen LogP contribution in [0.15, 0.2) is 12.5 Å². The van der Waals surface area contributed by atoms with Crippen LogP contribution in [0.3, 0.4) is 0 Å². The molecule has 1 heterocycles. The van der Waals surface area contributed by atoms with Gasteiger partial charge in [-0.1, -0.05) is 0 Å². The zero-order chi connectivity index (χ0) is 18.8. The highest BCUT2D eigenvalue weighted by Gasteiger charge is 2.19. The number of carbonyl (C=O) groups excluding carboxylic acids is 3. The molecule has 0 aliphatic heterocycles. The summed E-state index contributed by atoms with van der Waals surface area (Å²) >= 11 is 3.80. The zero-order valence-electron chi connectivity index (χ0n) is 13.2. The van der Waals surface area contributed by atoms with Crippen LogP contribution in [0.1, 0.15) is 5.69 Å². The van der Waals surface area contributed by atoms with Crippen LogP contribution in [-0.4, -0.2) is 69.7 Å². The third-order valence-corrected chi connectivity index (χ3v) is 3.38. The molecule has 138 valence electrons. The molecule has 0 aliphatic carbocycles. The van der Waals surface area contributed by atoms with E-state index < -0.39 is 42.3 Å². The van der Waals surface area contributed by atoms with Gasteiger partial charge in [-0.25, -0.2) is 9.78 Å². The fraction of sp³-hybridized carbons (Fsp3) is 0.462. The van der Waals surface area contributed by atoms with Gasteiger partial charge in [-0.2, -0.15) is 12.6 Å². The van der Waals surface area contributed by atoms with Crippen LogP contribution in [0.2, 0.25) is 0 Å². The number of aromatic nitrogens is 2. The Bertz CT molecular complexity index is 608. The summed E-state index contributed by atoms with van der Waals surface area (Å²) in [7, 11) is 0. The van der Waals surface area contributed by atoms with Crippen molar-refractivity contribution < 1.29 is 24.3 Å². The maximum absolute atomic E-state index is 11.8. The maximum Gasteiger partial charge on any atom is 0.327 e. The van der Waals surface area contributed by atoms with Crippen molar-refractivity contribution in [2.75, 3.05) is 18.8 Å². The van der Waals surface area contributed by atoms with E-state index in [-0.39, 0.29) is 18.7 Å². The summed E-state index contributed by atoms with van der Waals surface area (Å²) in [4.78, 5) is 52.2. The lowest BCUT2D eigenvalue weighted by Gasteiger charge is -2.13. The fourth-order valence-electron chi connectivity index (χ4n) is 1.70. The van der Waals surface area contributed by atoms with Gasteiger partial charge in [0, 0.05) is 24.1 Å². The number of H-pyrrole nitrogens is 1. The highest BCUT2D eigenvalue weighted by atomic mass is 32.1. The highest BCUT2D eigenvalue weighted by molar-refractivity contribution is 7.80. The van der Waals surface area contributed by atoms with Crippen LogP contribution in [0, 0.1) is 0 Å².